The smallest absolute Gasteiger partial charge is 0.265 e. The van der Waals surface area contributed by atoms with Crippen molar-refractivity contribution in [1.82, 2.24) is 4.98 Å². The van der Waals surface area contributed by atoms with Crippen LogP contribution < -0.4 is 4.31 Å². The molecule has 0 aliphatic carbocycles. The van der Waals surface area contributed by atoms with Crippen molar-refractivity contribution in [1.29, 1.82) is 0 Å². The summed E-state index contributed by atoms with van der Waals surface area (Å²) in [7, 11) is -4.03. The zero-order valence-electron chi connectivity index (χ0n) is 12.1. The zero-order valence-corrected chi connectivity index (χ0v) is 12.9. The molecule has 0 saturated heterocycles. The first-order chi connectivity index (χ1) is 11.0. The van der Waals surface area contributed by atoms with Crippen LogP contribution in [0.2, 0.25) is 0 Å². The first-order valence-electron chi connectivity index (χ1n) is 6.41. The fraction of sp³-hybridized carbons (Fsp3) is 0.214. The normalized spacial score (nSPS) is 12.5. The van der Waals surface area contributed by atoms with Gasteiger partial charge in [0.05, 0.1) is 17.6 Å². The molecular weight excluding hydrogens is 355 g/mol. The number of hydrogen-bond donors (Lipinski definition) is 0. The van der Waals surface area contributed by atoms with Crippen LogP contribution in [0.5, 0.6) is 0 Å². The van der Waals surface area contributed by atoms with Gasteiger partial charge in [0.2, 0.25) is 10.0 Å². The number of benzene rings is 1. The van der Waals surface area contributed by atoms with Crippen molar-refractivity contribution in [3.63, 3.8) is 0 Å². The lowest BCUT2D eigenvalue weighted by Crippen LogP contribution is -2.27. The highest BCUT2D eigenvalue weighted by atomic mass is 32.2. The minimum absolute atomic E-state index is 0.0137. The van der Waals surface area contributed by atoms with Crippen molar-refractivity contribution in [2.75, 3.05) is 10.6 Å². The highest BCUT2D eigenvalue weighted by Crippen LogP contribution is 2.38. The number of nitrogens with zero attached hydrogens (tertiary/aromatic N) is 2. The molecule has 0 N–H and O–H groups in total. The Kier molecular flexibility index (Phi) is 4.79. The Morgan fingerprint density at radius 3 is 2.17 bits per heavy atom. The summed E-state index contributed by atoms with van der Waals surface area (Å²) in [5.74, 6) is -5.93. The predicted molar refractivity (Wildman–Crippen MR) is 77.5 cm³/mol. The highest BCUT2D eigenvalue weighted by Gasteiger charge is 2.43. The zero-order chi connectivity index (χ0) is 18.1. The van der Waals surface area contributed by atoms with Gasteiger partial charge in [0.25, 0.3) is 0 Å². The van der Waals surface area contributed by atoms with Gasteiger partial charge >= 0.3 is 12.3 Å². The SMILES string of the molecule is CS(=O)(=O)N(c1ccncc1)c1ccc(C(F)(F)C(F)F)cc1F. The van der Waals surface area contributed by atoms with Gasteiger partial charge < -0.3 is 0 Å². The molecule has 0 amide bonds. The molecule has 10 heteroatoms. The number of halogens is 5. The van der Waals surface area contributed by atoms with Gasteiger partial charge in [0.15, 0.2) is 0 Å². The van der Waals surface area contributed by atoms with Gasteiger partial charge in [0.1, 0.15) is 5.82 Å². The molecule has 0 spiro atoms. The van der Waals surface area contributed by atoms with E-state index in [0.717, 1.165) is 6.26 Å². The van der Waals surface area contributed by atoms with Gasteiger partial charge in [-0.25, -0.2) is 25.9 Å². The third-order valence-corrected chi connectivity index (χ3v) is 4.13. The van der Waals surface area contributed by atoms with Crippen molar-refractivity contribution in [2.24, 2.45) is 0 Å². The average Bonchev–Trinajstić information content (AvgIpc) is 2.48. The lowest BCUT2D eigenvalue weighted by Gasteiger charge is -2.24. The Bertz CT molecular complexity index is 828. The third kappa shape index (κ3) is 3.48. The van der Waals surface area contributed by atoms with Crippen molar-refractivity contribution >= 4 is 21.4 Å². The highest BCUT2D eigenvalue weighted by molar-refractivity contribution is 7.92. The van der Waals surface area contributed by atoms with Crippen LogP contribution in [0, 0.1) is 5.82 Å². The van der Waals surface area contributed by atoms with E-state index in [1.165, 1.54) is 24.5 Å². The van der Waals surface area contributed by atoms with E-state index in [-0.39, 0.29) is 11.8 Å². The van der Waals surface area contributed by atoms with E-state index in [1.807, 2.05) is 0 Å². The fourth-order valence-electron chi connectivity index (χ4n) is 1.99. The van der Waals surface area contributed by atoms with Crippen LogP contribution in [0.4, 0.5) is 33.3 Å². The molecule has 2 aromatic rings. The molecule has 1 aromatic heterocycles. The van der Waals surface area contributed by atoms with Crippen LogP contribution in [0.1, 0.15) is 5.56 Å². The molecule has 0 fully saturated rings. The number of rotatable bonds is 5. The quantitative estimate of drug-likeness (QED) is 0.759. The van der Waals surface area contributed by atoms with Gasteiger partial charge in [-0.15, -0.1) is 0 Å². The summed E-state index contributed by atoms with van der Waals surface area (Å²) in [6, 6.07) is 4.00. The number of pyridine rings is 1. The largest absolute Gasteiger partial charge is 0.332 e. The van der Waals surface area contributed by atoms with E-state index < -0.39 is 39.4 Å². The summed E-state index contributed by atoms with van der Waals surface area (Å²) in [4.78, 5) is 3.69. The lowest BCUT2D eigenvalue weighted by atomic mass is 10.1. The molecule has 2 rings (SSSR count). The average molecular weight is 366 g/mol. The molecule has 0 radical (unpaired) electrons. The molecule has 0 bridgehead atoms. The van der Waals surface area contributed by atoms with E-state index in [2.05, 4.69) is 4.98 Å². The standard InChI is InChI=1S/C14H11F5N2O2S/c1-24(22,23)21(10-4-6-20-7-5-10)12-3-2-9(8-11(12)15)14(18,19)13(16)17/h2-8,13H,1H3. The van der Waals surface area contributed by atoms with Crippen LogP contribution in [-0.2, 0) is 15.9 Å². The summed E-state index contributed by atoms with van der Waals surface area (Å²) in [6.45, 7) is 0. The van der Waals surface area contributed by atoms with Gasteiger partial charge in [-0.2, -0.15) is 8.78 Å². The minimum atomic E-state index is -4.55. The van der Waals surface area contributed by atoms with E-state index in [1.54, 1.807) is 0 Å². The van der Waals surface area contributed by atoms with Gasteiger partial charge in [0, 0.05) is 18.0 Å². The molecular formula is C14H11F5N2O2S. The second-order valence-electron chi connectivity index (χ2n) is 4.82. The van der Waals surface area contributed by atoms with E-state index in [0.29, 0.717) is 16.4 Å². The number of sulfonamides is 1. The Hall–Kier alpha value is -2.23. The molecule has 0 aliphatic rings. The summed E-state index contributed by atoms with van der Waals surface area (Å²) >= 11 is 0. The Morgan fingerprint density at radius 2 is 1.71 bits per heavy atom. The van der Waals surface area contributed by atoms with Crippen LogP contribution >= 0.6 is 0 Å². The topological polar surface area (TPSA) is 50.3 Å². The van der Waals surface area contributed by atoms with Crippen LogP contribution in [-0.4, -0.2) is 26.1 Å². The van der Waals surface area contributed by atoms with Crippen LogP contribution in [0.15, 0.2) is 42.7 Å². The molecule has 0 aliphatic heterocycles. The molecule has 0 unspecified atom stereocenters. The monoisotopic (exact) mass is 366 g/mol. The van der Waals surface area contributed by atoms with Crippen molar-refractivity contribution in [2.45, 2.75) is 12.3 Å². The number of alkyl halides is 4. The second-order valence-corrected chi connectivity index (χ2v) is 6.65. The Labute approximate surface area is 134 Å². The molecule has 4 nitrogen and oxygen atoms in total. The maximum atomic E-state index is 14.2. The molecule has 0 atom stereocenters. The number of hydrogen-bond acceptors (Lipinski definition) is 3. The molecule has 1 aromatic carbocycles. The summed E-state index contributed by atoms with van der Waals surface area (Å²) in [6.07, 6.45) is -0.724. The lowest BCUT2D eigenvalue weighted by molar-refractivity contribution is -0.135. The Morgan fingerprint density at radius 1 is 1.12 bits per heavy atom. The van der Waals surface area contributed by atoms with E-state index in [9.17, 15) is 30.4 Å². The first-order valence-corrected chi connectivity index (χ1v) is 8.26. The van der Waals surface area contributed by atoms with Crippen molar-refractivity contribution in [3.8, 4) is 0 Å². The van der Waals surface area contributed by atoms with Crippen molar-refractivity contribution < 1.29 is 30.4 Å². The number of aromatic nitrogens is 1. The fourth-order valence-corrected chi connectivity index (χ4v) is 3.00. The summed E-state index contributed by atoms with van der Waals surface area (Å²) in [5, 5.41) is 0. The minimum Gasteiger partial charge on any atom is -0.265 e. The summed E-state index contributed by atoms with van der Waals surface area (Å²) < 4.78 is 90.0. The summed E-state index contributed by atoms with van der Waals surface area (Å²) in [5.41, 5.74) is -1.81. The van der Waals surface area contributed by atoms with Crippen LogP contribution in [0.25, 0.3) is 0 Å². The van der Waals surface area contributed by atoms with Crippen molar-refractivity contribution in [3.05, 3.63) is 54.1 Å². The molecule has 24 heavy (non-hydrogen) atoms. The molecule has 1 heterocycles. The molecule has 130 valence electrons. The van der Waals surface area contributed by atoms with Crippen LogP contribution in [0.3, 0.4) is 0 Å². The van der Waals surface area contributed by atoms with E-state index in [4.69, 9.17) is 0 Å². The van der Waals surface area contributed by atoms with E-state index >= 15 is 0 Å². The maximum absolute atomic E-state index is 14.2. The number of anilines is 2. The van der Waals surface area contributed by atoms with Gasteiger partial charge in [-0.3, -0.25) is 4.98 Å². The Balaban J connectivity index is 2.58. The second kappa shape index (κ2) is 6.34. The van der Waals surface area contributed by atoms with Gasteiger partial charge in [-0.05, 0) is 24.3 Å². The third-order valence-electron chi connectivity index (χ3n) is 3.05. The van der Waals surface area contributed by atoms with Gasteiger partial charge in [-0.1, -0.05) is 6.07 Å². The maximum Gasteiger partial charge on any atom is 0.332 e. The molecule has 0 saturated carbocycles. The predicted octanol–water partition coefficient (Wildman–Crippen LogP) is 3.68. The first kappa shape index (κ1) is 18.1.